The molecule has 1 fully saturated rings. The van der Waals surface area contributed by atoms with Gasteiger partial charge in [-0.3, -0.25) is 0 Å². The Labute approximate surface area is 180 Å². The number of nitrogens with two attached hydrogens (primary N) is 1. The number of piperazine rings is 1. The van der Waals surface area contributed by atoms with E-state index in [1.165, 1.54) is 17.0 Å². The Morgan fingerprint density at radius 1 is 1.03 bits per heavy atom. The molecule has 3 heterocycles. The van der Waals surface area contributed by atoms with Crippen LogP contribution in [0.4, 0.5) is 22.3 Å². The number of thiazole rings is 1. The van der Waals surface area contributed by atoms with Crippen LogP contribution in [-0.4, -0.2) is 49.7 Å². The predicted octanol–water partition coefficient (Wildman–Crippen LogP) is 3.73. The lowest BCUT2D eigenvalue weighted by Gasteiger charge is -2.34. The SMILES string of the molecule is CN1CCN(c2ccc(Nc3nc(N)c(C4COc5ccccc5O4)s3)cc2)CC1. The minimum absolute atomic E-state index is 0.257. The molecule has 30 heavy (non-hydrogen) atoms. The molecule has 0 saturated carbocycles. The molecule has 1 saturated heterocycles. The summed E-state index contributed by atoms with van der Waals surface area (Å²) in [5.74, 6) is 1.97. The molecule has 1 aromatic heterocycles. The number of aromatic nitrogens is 1. The second kappa shape index (κ2) is 8.04. The van der Waals surface area contributed by atoms with Gasteiger partial charge in [-0.25, -0.2) is 4.98 Å². The molecule has 3 aromatic rings. The van der Waals surface area contributed by atoms with Gasteiger partial charge in [0.25, 0.3) is 0 Å². The standard InChI is InChI=1S/C22H25N5O2S/c1-26-10-12-27(13-11-26)16-8-6-15(7-9-16)24-22-25-21(23)20(30-22)19-14-28-17-4-2-3-5-18(17)29-19/h2-9,19H,10-14,23H2,1H3,(H,24,25). The number of nitrogen functional groups attached to an aromatic ring is 1. The number of rotatable bonds is 4. The lowest BCUT2D eigenvalue weighted by molar-refractivity contribution is 0.0941. The summed E-state index contributed by atoms with van der Waals surface area (Å²) in [6, 6.07) is 16.1. The number of nitrogens with zero attached hydrogens (tertiary/aromatic N) is 3. The highest BCUT2D eigenvalue weighted by molar-refractivity contribution is 7.16. The minimum atomic E-state index is -0.257. The van der Waals surface area contributed by atoms with E-state index in [1.807, 2.05) is 24.3 Å². The van der Waals surface area contributed by atoms with Crippen molar-refractivity contribution in [3.8, 4) is 11.5 Å². The molecule has 0 aliphatic carbocycles. The molecule has 2 aliphatic rings. The molecule has 5 rings (SSSR count). The van der Waals surface area contributed by atoms with Gasteiger partial charge in [-0.15, -0.1) is 0 Å². The van der Waals surface area contributed by atoms with Gasteiger partial charge in [-0.2, -0.15) is 0 Å². The maximum absolute atomic E-state index is 6.19. The van der Waals surface area contributed by atoms with Crippen molar-refractivity contribution >= 4 is 33.7 Å². The lowest BCUT2D eigenvalue weighted by atomic mass is 10.2. The summed E-state index contributed by atoms with van der Waals surface area (Å²) < 4.78 is 11.9. The molecule has 1 unspecified atom stereocenters. The van der Waals surface area contributed by atoms with Crippen LogP contribution in [0.5, 0.6) is 11.5 Å². The van der Waals surface area contributed by atoms with Crippen LogP contribution < -0.4 is 25.4 Å². The zero-order valence-electron chi connectivity index (χ0n) is 16.9. The molecule has 2 aliphatic heterocycles. The topological polar surface area (TPSA) is 75.9 Å². The summed E-state index contributed by atoms with van der Waals surface area (Å²) in [5.41, 5.74) is 8.43. The molecular formula is C22H25N5O2S. The van der Waals surface area contributed by atoms with E-state index in [-0.39, 0.29) is 6.10 Å². The Kier molecular flexibility index (Phi) is 5.10. The van der Waals surface area contributed by atoms with E-state index in [9.17, 15) is 0 Å². The number of ether oxygens (including phenoxy) is 2. The number of benzene rings is 2. The second-order valence-electron chi connectivity index (χ2n) is 7.59. The fourth-order valence-corrected chi connectivity index (χ4v) is 4.64. The quantitative estimate of drug-likeness (QED) is 0.662. The smallest absolute Gasteiger partial charge is 0.189 e. The number of hydrogen-bond donors (Lipinski definition) is 2. The average molecular weight is 424 g/mol. The summed E-state index contributed by atoms with van der Waals surface area (Å²) in [4.78, 5) is 10.1. The van der Waals surface area contributed by atoms with E-state index in [4.69, 9.17) is 15.2 Å². The van der Waals surface area contributed by atoms with Crippen LogP contribution in [0.15, 0.2) is 48.5 Å². The highest BCUT2D eigenvalue weighted by Crippen LogP contribution is 2.40. The number of fused-ring (bicyclic) bond motifs is 1. The molecular weight excluding hydrogens is 398 g/mol. The van der Waals surface area contributed by atoms with Crippen LogP contribution in [0.25, 0.3) is 0 Å². The Morgan fingerprint density at radius 3 is 2.53 bits per heavy atom. The fraction of sp³-hybridized carbons (Fsp3) is 0.318. The van der Waals surface area contributed by atoms with Gasteiger partial charge in [0, 0.05) is 37.6 Å². The molecule has 156 valence electrons. The Morgan fingerprint density at radius 2 is 1.77 bits per heavy atom. The molecule has 2 aromatic carbocycles. The van der Waals surface area contributed by atoms with Gasteiger partial charge in [0.05, 0.1) is 4.88 Å². The van der Waals surface area contributed by atoms with Crippen LogP contribution in [0, 0.1) is 0 Å². The van der Waals surface area contributed by atoms with E-state index in [0.717, 1.165) is 53.4 Å². The molecule has 1 atom stereocenters. The van der Waals surface area contributed by atoms with Crippen molar-refractivity contribution in [3.05, 3.63) is 53.4 Å². The normalized spacial score (nSPS) is 19.0. The molecule has 3 N–H and O–H groups in total. The maximum Gasteiger partial charge on any atom is 0.189 e. The Balaban J connectivity index is 1.26. The first-order valence-electron chi connectivity index (χ1n) is 10.1. The zero-order valence-corrected chi connectivity index (χ0v) is 17.7. The van der Waals surface area contributed by atoms with Crippen molar-refractivity contribution in [3.63, 3.8) is 0 Å². The number of hydrogen-bond acceptors (Lipinski definition) is 8. The van der Waals surface area contributed by atoms with Gasteiger partial charge in [0.15, 0.2) is 22.7 Å². The Hall–Kier alpha value is -2.97. The van der Waals surface area contributed by atoms with Gasteiger partial charge >= 0.3 is 0 Å². The van der Waals surface area contributed by atoms with Gasteiger partial charge in [0.1, 0.15) is 12.4 Å². The van der Waals surface area contributed by atoms with Crippen LogP contribution in [0.1, 0.15) is 11.0 Å². The van der Waals surface area contributed by atoms with Crippen LogP contribution in [0.3, 0.4) is 0 Å². The third kappa shape index (κ3) is 3.88. The van der Waals surface area contributed by atoms with E-state index in [1.54, 1.807) is 0 Å². The summed E-state index contributed by atoms with van der Waals surface area (Å²) >= 11 is 1.50. The largest absolute Gasteiger partial charge is 0.485 e. The minimum Gasteiger partial charge on any atom is -0.485 e. The first-order valence-corrected chi connectivity index (χ1v) is 10.9. The molecule has 0 radical (unpaired) electrons. The number of para-hydroxylation sites is 2. The van der Waals surface area contributed by atoms with E-state index in [0.29, 0.717) is 12.4 Å². The monoisotopic (exact) mass is 423 g/mol. The maximum atomic E-state index is 6.19. The first kappa shape index (κ1) is 19.0. The van der Waals surface area contributed by atoms with E-state index >= 15 is 0 Å². The van der Waals surface area contributed by atoms with Crippen molar-refractivity contribution in [2.75, 3.05) is 55.8 Å². The third-order valence-corrected chi connectivity index (χ3v) is 6.55. The highest BCUT2D eigenvalue weighted by atomic mass is 32.1. The van der Waals surface area contributed by atoms with Gasteiger partial charge < -0.3 is 30.3 Å². The molecule has 0 bridgehead atoms. The average Bonchev–Trinajstić information content (AvgIpc) is 3.14. The summed E-state index contributed by atoms with van der Waals surface area (Å²) in [6.45, 7) is 4.73. The van der Waals surface area contributed by atoms with E-state index < -0.39 is 0 Å². The van der Waals surface area contributed by atoms with Crippen molar-refractivity contribution in [1.29, 1.82) is 0 Å². The molecule has 7 nitrogen and oxygen atoms in total. The van der Waals surface area contributed by atoms with Gasteiger partial charge in [-0.1, -0.05) is 23.5 Å². The summed E-state index contributed by atoms with van der Waals surface area (Å²) in [6.07, 6.45) is -0.257. The zero-order chi connectivity index (χ0) is 20.5. The molecule has 8 heteroatoms. The highest BCUT2D eigenvalue weighted by Gasteiger charge is 2.27. The van der Waals surface area contributed by atoms with E-state index in [2.05, 4.69) is 51.4 Å². The van der Waals surface area contributed by atoms with Crippen LogP contribution in [0.2, 0.25) is 0 Å². The van der Waals surface area contributed by atoms with Crippen molar-refractivity contribution in [2.45, 2.75) is 6.10 Å². The van der Waals surface area contributed by atoms with Crippen molar-refractivity contribution in [2.24, 2.45) is 0 Å². The summed E-state index contributed by atoms with van der Waals surface area (Å²) in [5, 5.41) is 4.11. The first-order chi connectivity index (χ1) is 14.7. The Bertz CT molecular complexity index is 1010. The molecule has 0 amide bonds. The molecule has 0 spiro atoms. The van der Waals surface area contributed by atoms with Crippen LogP contribution >= 0.6 is 11.3 Å². The predicted molar refractivity (Wildman–Crippen MR) is 121 cm³/mol. The number of likely N-dealkylation sites (N-methyl/N-ethyl adjacent to an activating group) is 1. The number of nitrogens with one attached hydrogen (secondary N) is 1. The van der Waals surface area contributed by atoms with Gasteiger partial charge in [-0.05, 0) is 43.4 Å². The van der Waals surface area contributed by atoms with Crippen molar-refractivity contribution < 1.29 is 9.47 Å². The summed E-state index contributed by atoms with van der Waals surface area (Å²) in [7, 11) is 2.17. The van der Waals surface area contributed by atoms with Crippen molar-refractivity contribution in [1.82, 2.24) is 9.88 Å². The van der Waals surface area contributed by atoms with Crippen LogP contribution in [-0.2, 0) is 0 Å². The third-order valence-electron chi connectivity index (χ3n) is 5.47. The fourth-order valence-electron chi connectivity index (χ4n) is 3.72. The lowest BCUT2D eigenvalue weighted by Crippen LogP contribution is -2.44. The number of anilines is 4. The van der Waals surface area contributed by atoms with Gasteiger partial charge in [0.2, 0.25) is 0 Å². The second-order valence-corrected chi connectivity index (χ2v) is 8.63.